The lowest BCUT2D eigenvalue weighted by molar-refractivity contribution is 0.306. The molecule has 0 fully saturated rings. The standard InChI is InChI=1S/C19H29NO/c1-17-9-11-19(12-10-17)21-16-6-5-14-20-15-13-18-7-3-2-4-8-18/h7,9-12,20H,2-6,8,13-16H2,1H3. The van der Waals surface area contributed by atoms with E-state index >= 15 is 0 Å². The van der Waals surface area contributed by atoms with Gasteiger partial charge in [-0.05, 0) is 77.1 Å². The van der Waals surface area contributed by atoms with Gasteiger partial charge in [0.25, 0.3) is 0 Å². The van der Waals surface area contributed by atoms with Gasteiger partial charge in [-0.3, -0.25) is 0 Å². The second-order valence-corrected chi connectivity index (χ2v) is 5.98. The van der Waals surface area contributed by atoms with Crippen molar-refractivity contribution in [3.05, 3.63) is 41.5 Å². The Morgan fingerprint density at radius 3 is 2.67 bits per heavy atom. The Bertz CT molecular complexity index is 422. The van der Waals surface area contributed by atoms with E-state index in [2.05, 4.69) is 30.4 Å². The fraction of sp³-hybridized carbons (Fsp3) is 0.579. The van der Waals surface area contributed by atoms with Crippen molar-refractivity contribution in [1.82, 2.24) is 5.32 Å². The molecule has 0 heterocycles. The average molecular weight is 287 g/mol. The molecule has 1 aliphatic carbocycles. The average Bonchev–Trinajstić information content (AvgIpc) is 2.53. The Kier molecular flexibility index (Phi) is 7.37. The zero-order chi connectivity index (χ0) is 14.8. The first-order valence-corrected chi connectivity index (χ1v) is 8.43. The van der Waals surface area contributed by atoms with Crippen LogP contribution in [-0.4, -0.2) is 19.7 Å². The summed E-state index contributed by atoms with van der Waals surface area (Å²) >= 11 is 0. The van der Waals surface area contributed by atoms with Gasteiger partial charge in [0, 0.05) is 0 Å². The van der Waals surface area contributed by atoms with Crippen molar-refractivity contribution in [2.45, 2.75) is 51.9 Å². The first-order chi connectivity index (χ1) is 10.3. The van der Waals surface area contributed by atoms with E-state index in [4.69, 9.17) is 4.74 Å². The number of aryl methyl sites for hydroxylation is 1. The van der Waals surface area contributed by atoms with Gasteiger partial charge in [-0.25, -0.2) is 0 Å². The van der Waals surface area contributed by atoms with E-state index < -0.39 is 0 Å². The number of ether oxygens (including phenoxy) is 1. The number of hydrogen-bond acceptors (Lipinski definition) is 2. The maximum Gasteiger partial charge on any atom is 0.119 e. The minimum Gasteiger partial charge on any atom is -0.494 e. The first kappa shape index (κ1) is 16.1. The van der Waals surface area contributed by atoms with Crippen LogP contribution in [0.1, 0.15) is 50.5 Å². The molecular weight excluding hydrogens is 258 g/mol. The van der Waals surface area contributed by atoms with Gasteiger partial charge >= 0.3 is 0 Å². The second-order valence-electron chi connectivity index (χ2n) is 5.98. The minimum absolute atomic E-state index is 0.815. The highest BCUT2D eigenvalue weighted by Crippen LogP contribution is 2.19. The maximum atomic E-state index is 5.73. The number of nitrogens with one attached hydrogen (secondary N) is 1. The number of benzene rings is 1. The normalized spacial score (nSPS) is 14.8. The van der Waals surface area contributed by atoms with Crippen LogP contribution in [0.2, 0.25) is 0 Å². The van der Waals surface area contributed by atoms with Gasteiger partial charge in [0.15, 0.2) is 0 Å². The predicted octanol–water partition coefficient (Wildman–Crippen LogP) is 4.63. The van der Waals surface area contributed by atoms with Crippen molar-refractivity contribution in [3.8, 4) is 5.75 Å². The molecule has 2 nitrogen and oxygen atoms in total. The van der Waals surface area contributed by atoms with E-state index in [-0.39, 0.29) is 0 Å². The van der Waals surface area contributed by atoms with Crippen molar-refractivity contribution in [3.63, 3.8) is 0 Å². The predicted molar refractivity (Wildman–Crippen MR) is 89.9 cm³/mol. The Balaban J connectivity index is 1.43. The van der Waals surface area contributed by atoms with Gasteiger partial charge in [0.2, 0.25) is 0 Å². The van der Waals surface area contributed by atoms with E-state index in [0.717, 1.165) is 31.9 Å². The molecule has 1 N–H and O–H groups in total. The Hall–Kier alpha value is -1.28. The second kappa shape index (κ2) is 9.62. The summed E-state index contributed by atoms with van der Waals surface area (Å²) < 4.78 is 5.73. The monoisotopic (exact) mass is 287 g/mol. The molecule has 0 unspecified atom stereocenters. The van der Waals surface area contributed by atoms with Crippen molar-refractivity contribution >= 4 is 0 Å². The van der Waals surface area contributed by atoms with Gasteiger partial charge < -0.3 is 10.1 Å². The quantitative estimate of drug-likeness (QED) is 0.528. The zero-order valence-corrected chi connectivity index (χ0v) is 13.4. The van der Waals surface area contributed by atoms with E-state index in [1.165, 1.54) is 44.1 Å². The molecule has 0 aliphatic heterocycles. The number of allylic oxidation sites excluding steroid dienone is 1. The van der Waals surface area contributed by atoms with Crippen LogP contribution in [0.5, 0.6) is 5.75 Å². The van der Waals surface area contributed by atoms with Crippen LogP contribution in [0.25, 0.3) is 0 Å². The fourth-order valence-electron chi connectivity index (χ4n) is 2.68. The summed E-state index contributed by atoms with van der Waals surface area (Å²) in [5.41, 5.74) is 2.94. The summed E-state index contributed by atoms with van der Waals surface area (Å²) in [4.78, 5) is 0. The largest absolute Gasteiger partial charge is 0.494 e. The molecular formula is C19H29NO. The summed E-state index contributed by atoms with van der Waals surface area (Å²) in [7, 11) is 0. The van der Waals surface area contributed by atoms with Gasteiger partial charge in [0.1, 0.15) is 5.75 Å². The summed E-state index contributed by atoms with van der Waals surface area (Å²) in [5.74, 6) is 0.984. The van der Waals surface area contributed by atoms with Crippen LogP contribution in [0.15, 0.2) is 35.9 Å². The molecule has 0 aromatic heterocycles. The number of rotatable bonds is 9. The van der Waals surface area contributed by atoms with E-state index in [1.54, 1.807) is 5.57 Å². The lowest BCUT2D eigenvalue weighted by Gasteiger charge is -2.13. The highest BCUT2D eigenvalue weighted by atomic mass is 16.5. The van der Waals surface area contributed by atoms with Crippen molar-refractivity contribution in [2.24, 2.45) is 0 Å². The maximum absolute atomic E-state index is 5.73. The molecule has 0 spiro atoms. The van der Waals surface area contributed by atoms with Crippen LogP contribution in [0.4, 0.5) is 0 Å². The van der Waals surface area contributed by atoms with Crippen LogP contribution in [0, 0.1) is 6.92 Å². The topological polar surface area (TPSA) is 21.3 Å². The lowest BCUT2D eigenvalue weighted by atomic mass is 9.97. The zero-order valence-electron chi connectivity index (χ0n) is 13.4. The minimum atomic E-state index is 0.815. The van der Waals surface area contributed by atoms with Gasteiger partial charge in [-0.1, -0.05) is 29.3 Å². The third-order valence-corrected chi connectivity index (χ3v) is 4.05. The SMILES string of the molecule is Cc1ccc(OCCCCNCCC2=CCCCC2)cc1. The Morgan fingerprint density at radius 1 is 1.05 bits per heavy atom. The highest BCUT2D eigenvalue weighted by molar-refractivity contribution is 5.26. The third kappa shape index (κ3) is 6.81. The lowest BCUT2D eigenvalue weighted by Crippen LogP contribution is -2.18. The summed E-state index contributed by atoms with van der Waals surface area (Å²) in [5, 5.41) is 3.54. The molecule has 0 bridgehead atoms. The van der Waals surface area contributed by atoms with Crippen LogP contribution in [0.3, 0.4) is 0 Å². The molecule has 2 heteroatoms. The molecule has 1 aromatic carbocycles. The molecule has 2 rings (SSSR count). The van der Waals surface area contributed by atoms with E-state index in [9.17, 15) is 0 Å². The van der Waals surface area contributed by atoms with E-state index in [1.807, 2.05) is 12.1 Å². The number of unbranched alkanes of at least 4 members (excludes halogenated alkanes) is 1. The molecule has 0 amide bonds. The molecule has 0 radical (unpaired) electrons. The Labute approximate surface area is 129 Å². The van der Waals surface area contributed by atoms with Crippen LogP contribution in [-0.2, 0) is 0 Å². The van der Waals surface area contributed by atoms with Crippen molar-refractivity contribution in [1.29, 1.82) is 0 Å². The van der Waals surface area contributed by atoms with Gasteiger partial charge in [-0.15, -0.1) is 0 Å². The van der Waals surface area contributed by atoms with Gasteiger partial charge in [-0.2, -0.15) is 0 Å². The van der Waals surface area contributed by atoms with Gasteiger partial charge in [0.05, 0.1) is 6.61 Å². The van der Waals surface area contributed by atoms with E-state index in [0.29, 0.717) is 0 Å². The molecule has 0 saturated carbocycles. The number of hydrogen-bond donors (Lipinski definition) is 1. The third-order valence-electron chi connectivity index (χ3n) is 4.05. The Morgan fingerprint density at radius 2 is 1.90 bits per heavy atom. The smallest absolute Gasteiger partial charge is 0.119 e. The molecule has 116 valence electrons. The van der Waals surface area contributed by atoms with Crippen LogP contribution >= 0.6 is 0 Å². The molecule has 1 aliphatic rings. The summed E-state index contributed by atoms with van der Waals surface area (Å²) in [6, 6.07) is 8.28. The van der Waals surface area contributed by atoms with Crippen molar-refractivity contribution < 1.29 is 4.74 Å². The molecule has 1 aromatic rings. The highest BCUT2D eigenvalue weighted by Gasteiger charge is 2.02. The summed E-state index contributed by atoms with van der Waals surface area (Å²) in [6.45, 7) is 5.14. The first-order valence-electron chi connectivity index (χ1n) is 8.43. The molecule has 21 heavy (non-hydrogen) atoms. The van der Waals surface area contributed by atoms with Crippen molar-refractivity contribution in [2.75, 3.05) is 19.7 Å². The molecule has 0 atom stereocenters. The summed E-state index contributed by atoms with van der Waals surface area (Å²) in [6.07, 6.45) is 11.4. The fourth-order valence-corrected chi connectivity index (χ4v) is 2.68. The van der Waals surface area contributed by atoms with Crippen LogP contribution < -0.4 is 10.1 Å². The molecule has 0 saturated heterocycles.